The molecule has 0 fully saturated rings. The minimum absolute atomic E-state index is 0.114. The van der Waals surface area contributed by atoms with E-state index in [-0.39, 0.29) is 11.7 Å². The number of benzene rings is 1. The minimum atomic E-state index is -0.181. The molecule has 6 heteroatoms. The third kappa shape index (κ3) is 2.46. The van der Waals surface area contributed by atoms with Gasteiger partial charge in [0.25, 0.3) is 0 Å². The second-order valence-electron chi connectivity index (χ2n) is 4.55. The van der Waals surface area contributed by atoms with Crippen LogP contribution in [0.2, 0.25) is 0 Å². The standard InChI is InChI=1S/C14H14BrN3OS/c1-2-16-13(8-3-4-20-7-8)9-5-11-12(6-10(9)15)18-14(19)17-11/h3-7,13,16H,2H2,1H3,(H2,17,18,19). The number of aromatic amines is 2. The molecule has 104 valence electrons. The Morgan fingerprint density at radius 2 is 2.10 bits per heavy atom. The molecule has 1 unspecified atom stereocenters. The first-order valence-electron chi connectivity index (χ1n) is 6.36. The number of H-pyrrole nitrogens is 2. The van der Waals surface area contributed by atoms with E-state index in [1.54, 1.807) is 11.3 Å². The highest BCUT2D eigenvalue weighted by Crippen LogP contribution is 2.32. The fraction of sp³-hybridized carbons (Fsp3) is 0.214. The average molecular weight is 352 g/mol. The summed E-state index contributed by atoms with van der Waals surface area (Å²) in [5, 5.41) is 7.70. The van der Waals surface area contributed by atoms with E-state index in [9.17, 15) is 4.79 Å². The normalized spacial score (nSPS) is 12.9. The van der Waals surface area contributed by atoms with Crippen LogP contribution in [0.15, 0.2) is 38.2 Å². The van der Waals surface area contributed by atoms with Gasteiger partial charge in [-0.3, -0.25) is 0 Å². The van der Waals surface area contributed by atoms with Gasteiger partial charge < -0.3 is 15.3 Å². The molecule has 0 aliphatic rings. The van der Waals surface area contributed by atoms with Gasteiger partial charge in [0.2, 0.25) is 0 Å². The lowest BCUT2D eigenvalue weighted by molar-refractivity contribution is 0.631. The molecule has 0 aliphatic heterocycles. The average Bonchev–Trinajstić information content (AvgIpc) is 3.03. The van der Waals surface area contributed by atoms with Crippen LogP contribution >= 0.6 is 27.3 Å². The van der Waals surface area contributed by atoms with Gasteiger partial charge in [0, 0.05) is 4.47 Å². The highest BCUT2D eigenvalue weighted by molar-refractivity contribution is 9.10. The minimum Gasteiger partial charge on any atom is -0.306 e. The number of halogens is 1. The van der Waals surface area contributed by atoms with E-state index in [0.29, 0.717) is 0 Å². The Balaban J connectivity index is 2.14. The monoisotopic (exact) mass is 351 g/mol. The maximum atomic E-state index is 11.4. The molecule has 0 spiro atoms. The summed E-state index contributed by atoms with van der Waals surface area (Å²) < 4.78 is 0.984. The number of rotatable bonds is 4. The summed E-state index contributed by atoms with van der Waals surface area (Å²) in [5.41, 5.74) is 3.81. The molecular weight excluding hydrogens is 338 g/mol. The zero-order valence-electron chi connectivity index (χ0n) is 10.9. The first-order chi connectivity index (χ1) is 9.69. The summed E-state index contributed by atoms with van der Waals surface area (Å²) in [7, 11) is 0. The van der Waals surface area contributed by atoms with Gasteiger partial charge in [0.1, 0.15) is 0 Å². The largest absolute Gasteiger partial charge is 0.323 e. The molecule has 0 aliphatic carbocycles. The summed E-state index contributed by atoms with van der Waals surface area (Å²) in [4.78, 5) is 17.0. The fourth-order valence-corrected chi connectivity index (χ4v) is 3.60. The number of thiophene rings is 1. The SMILES string of the molecule is CCNC(c1ccsc1)c1cc2[nH]c(=O)[nH]c2cc1Br. The summed E-state index contributed by atoms with van der Waals surface area (Å²) in [6.45, 7) is 2.96. The Labute approximate surface area is 128 Å². The van der Waals surface area contributed by atoms with Crippen LogP contribution < -0.4 is 11.0 Å². The molecule has 2 aromatic heterocycles. The lowest BCUT2D eigenvalue weighted by Gasteiger charge is -2.19. The number of fused-ring (bicyclic) bond motifs is 1. The molecular formula is C14H14BrN3OS. The molecule has 0 radical (unpaired) electrons. The van der Waals surface area contributed by atoms with Gasteiger partial charge in [-0.15, -0.1) is 0 Å². The van der Waals surface area contributed by atoms with Gasteiger partial charge in [0.05, 0.1) is 17.1 Å². The van der Waals surface area contributed by atoms with Gasteiger partial charge in [0.15, 0.2) is 0 Å². The van der Waals surface area contributed by atoms with E-state index in [1.807, 2.05) is 12.1 Å². The third-order valence-corrected chi connectivity index (χ3v) is 4.62. The van der Waals surface area contributed by atoms with Crippen LogP contribution in [0.1, 0.15) is 24.1 Å². The van der Waals surface area contributed by atoms with E-state index >= 15 is 0 Å². The molecule has 3 N–H and O–H groups in total. The topological polar surface area (TPSA) is 60.7 Å². The molecule has 0 saturated heterocycles. The van der Waals surface area contributed by atoms with Crippen molar-refractivity contribution in [3.63, 3.8) is 0 Å². The first kappa shape index (κ1) is 13.6. The van der Waals surface area contributed by atoms with Crippen molar-refractivity contribution in [2.24, 2.45) is 0 Å². The second kappa shape index (κ2) is 5.55. The molecule has 1 aromatic carbocycles. The Morgan fingerprint density at radius 3 is 2.75 bits per heavy atom. The predicted octanol–water partition coefficient (Wildman–Crippen LogP) is 3.38. The number of nitrogens with one attached hydrogen (secondary N) is 3. The quantitative estimate of drug-likeness (QED) is 0.674. The van der Waals surface area contributed by atoms with Crippen molar-refractivity contribution in [1.29, 1.82) is 0 Å². The highest BCUT2D eigenvalue weighted by atomic mass is 79.9. The number of imidazole rings is 1. The van der Waals surface area contributed by atoms with Crippen molar-refractivity contribution in [1.82, 2.24) is 15.3 Å². The van der Waals surface area contributed by atoms with E-state index in [4.69, 9.17) is 0 Å². The van der Waals surface area contributed by atoms with Crippen molar-refractivity contribution in [3.05, 3.63) is 55.0 Å². The van der Waals surface area contributed by atoms with Gasteiger partial charge in [-0.2, -0.15) is 11.3 Å². The first-order valence-corrected chi connectivity index (χ1v) is 8.09. The van der Waals surface area contributed by atoms with E-state index in [0.717, 1.165) is 27.6 Å². The van der Waals surface area contributed by atoms with Crippen molar-refractivity contribution in [3.8, 4) is 0 Å². The fourth-order valence-electron chi connectivity index (χ4n) is 2.34. The Hall–Kier alpha value is -1.37. The molecule has 0 amide bonds. The molecule has 1 atom stereocenters. The maximum Gasteiger partial charge on any atom is 0.323 e. The third-order valence-electron chi connectivity index (χ3n) is 3.23. The summed E-state index contributed by atoms with van der Waals surface area (Å²) in [6.07, 6.45) is 0. The zero-order valence-corrected chi connectivity index (χ0v) is 13.3. The summed E-state index contributed by atoms with van der Waals surface area (Å²) >= 11 is 5.29. The number of aromatic nitrogens is 2. The molecule has 0 bridgehead atoms. The molecule has 4 nitrogen and oxygen atoms in total. The maximum absolute atomic E-state index is 11.4. The molecule has 3 aromatic rings. The number of hydrogen-bond donors (Lipinski definition) is 3. The van der Waals surface area contributed by atoms with Crippen molar-refractivity contribution in [2.75, 3.05) is 6.54 Å². The van der Waals surface area contributed by atoms with Gasteiger partial charge >= 0.3 is 5.69 Å². The molecule has 20 heavy (non-hydrogen) atoms. The van der Waals surface area contributed by atoms with Crippen LogP contribution in [-0.4, -0.2) is 16.5 Å². The molecule has 2 heterocycles. The van der Waals surface area contributed by atoms with Crippen molar-refractivity contribution >= 4 is 38.3 Å². The molecule has 3 rings (SSSR count). The highest BCUT2D eigenvalue weighted by Gasteiger charge is 2.17. The van der Waals surface area contributed by atoms with Crippen LogP contribution in [0.4, 0.5) is 0 Å². The second-order valence-corrected chi connectivity index (χ2v) is 6.18. The van der Waals surface area contributed by atoms with Crippen LogP contribution in [0, 0.1) is 0 Å². The van der Waals surface area contributed by atoms with Crippen molar-refractivity contribution < 1.29 is 0 Å². The predicted molar refractivity (Wildman–Crippen MR) is 86.5 cm³/mol. The van der Waals surface area contributed by atoms with Crippen LogP contribution in [0.25, 0.3) is 11.0 Å². The lowest BCUT2D eigenvalue weighted by Crippen LogP contribution is -2.21. The Morgan fingerprint density at radius 1 is 1.35 bits per heavy atom. The van der Waals surface area contributed by atoms with Crippen LogP contribution in [0.3, 0.4) is 0 Å². The van der Waals surface area contributed by atoms with Gasteiger partial charge in [-0.1, -0.05) is 22.9 Å². The summed E-state index contributed by atoms with van der Waals surface area (Å²) in [5.74, 6) is 0. The smallest absolute Gasteiger partial charge is 0.306 e. The van der Waals surface area contributed by atoms with Gasteiger partial charge in [-0.25, -0.2) is 4.79 Å². The number of hydrogen-bond acceptors (Lipinski definition) is 3. The van der Waals surface area contributed by atoms with E-state index in [2.05, 4.69) is 55.0 Å². The zero-order chi connectivity index (χ0) is 14.1. The van der Waals surface area contributed by atoms with Crippen LogP contribution in [0.5, 0.6) is 0 Å². The summed E-state index contributed by atoms with van der Waals surface area (Å²) in [6, 6.07) is 6.19. The van der Waals surface area contributed by atoms with E-state index < -0.39 is 0 Å². The lowest BCUT2D eigenvalue weighted by atomic mass is 10.0. The van der Waals surface area contributed by atoms with Crippen LogP contribution in [-0.2, 0) is 0 Å². The van der Waals surface area contributed by atoms with Gasteiger partial charge in [-0.05, 0) is 46.6 Å². The molecule has 0 saturated carbocycles. The Bertz CT molecular complexity index is 775. The Kier molecular flexibility index (Phi) is 3.78. The van der Waals surface area contributed by atoms with Crippen molar-refractivity contribution in [2.45, 2.75) is 13.0 Å². The van der Waals surface area contributed by atoms with E-state index in [1.165, 1.54) is 5.56 Å².